The highest BCUT2D eigenvalue weighted by molar-refractivity contribution is 6.99. The number of ether oxygens (including phenoxy) is 2. The first-order valence-corrected chi connectivity index (χ1v) is 19.6. The van der Waals surface area contributed by atoms with Crippen molar-refractivity contribution in [2.24, 2.45) is 0 Å². The van der Waals surface area contributed by atoms with E-state index in [-0.39, 0.29) is 16.5 Å². The van der Waals surface area contributed by atoms with Gasteiger partial charge in [0.25, 0.3) is 8.32 Å². The fourth-order valence-corrected chi connectivity index (χ4v) is 10.7. The van der Waals surface area contributed by atoms with E-state index in [1.165, 1.54) is 10.4 Å². The van der Waals surface area contributed by atoms with E-state index in [1.54, 1.807) is 0 Å². The number of epoxide rings is 1. The number of carbonyl (C=O) groups excluding carboxylic acids is 1. The van der Waals surface area contributed by atoms with Gasteiger partial charge in [-0.3, -0.25) is 4.79 Å². The standard InChI is InChI=1S/C33H52O6Si2/c1-31(2,3)38-28(35)22-26(34)29-30(37-29)27(23-36-40(10,11)32(4,5)6)39-41(33(7,8)9,24-18-14-12-15-19-24)25-20-16-13-17-21-25/h12-21,26-27,29-30,34H,22-23H2,1-11H3/t26-,27+,29+,30-/m0/s1. The first-order valence-electron chi connectivity index (χ1n) is 14.8. The van der Waals surface area contributed by atoms with Crippen LogP contribution in [0.5, 0.6) is 0 Å². The fraction of sp³-hybridized carbons (Fsp3) is 0.606. The lowest BCUT2D eigenvalue weighted by atomic mass is 10.1. The van der Waals surface area contributed by atoms with Crippen molar-refractivity contribution in [3.8, 4) is 0 Å². The Bertz CT molecular complexity index is 1090. The minimum atomic E-state index is -2.92. The Labute approximate surface area is 250 Å². The predicted molar refractivity (Wildman–Crippen MR) is 171 cm³/mol. The molecule has 1 N–H and O–H groups in total. The molecule has 1 aliphatic rings. The summed E-state index contributed by atoms with van der Waals surface area (Å²) < 4.78 is 25.8. The Hall–Kier alpha value is -1.82. The highest BCUT2D eigenvalue weighted by Gasteiger charge is 2.57. The molecule has 0 bridgehead atoms. The molecule has 228 valence electrons. The normalized spacial score (nSPS) is 19.9. The Morgan fingerprint density at radius 1 is 0.829 bits per heavy atom. The Kier molecular flexibility index (Phi) is 10.2. The third-order valence-electron chi connectivity index (χ3n) is 8.26. The molecule has 3 rings (SSSR count). The van der Waals surface area contributed by atoms with Crippen molar-refractivity contribution < 1.29 is 28.2 Å². The average molecular weight is 601 g/mol. The number of esters is 1. The number of carbonyl (C=O) groups is 1. The highest BCUT2D eigenvalue weighted by Crippen LogP contribution is 2.42. The van der Waals surface area contributed by atoms with Gasteiger partial charge in [-0.2, -0.15) is 0 Å². The topological polar surface area (TPSA) is 77.5 Å². The molecule has 0 saturated carbocycles. The Morgan fingerprint density at radius 2 is 1.32 bits per heavy atom. The van der Waals surface area contributed by atoms with E-state index in [4.69, 9.17) is 18.3 Å². The van der Waals surface area contributed by atoms with Crippen LogP contribution in [0, 0.1) is 0 Å². The zero-order valence-corrected chi connectivity index (χ0v) is 29.0. The van der Waals surface area contributed by atoms with Crippen LogP contribution in [0.25, 0.3) is 0 Å². The molecule has 8 heteroatoms. The smallest absolute Gasteiger partial charge is 0.309 e. The zero-order chi connectivity index (χ0) is 30.9. The monoisotopic (exact) mass is 600 g/mol. The minimum absolute atomic E-state index is 0.0228. The molecule has 1 heterocycles. The van der Waals surface area contributed by atoms with Crippen molar-refractivity contribution in [2.75, 3.05) is 6.61 Å². The molecular formula is C33H52O6Si2. The summed E-state index contributed by atoms with van der Waals surface area (Å²) in [7, 11) is -5.05. The molecule has 0 aromatic heterocycles. The van der Waals surface area contributed by atoms with E-state index in [1.807, 2.05) is 32.9 Å². The van der Waals surface area contributed by atoms with Gasteiger partial charge in [0.2, 0.25) is 0 Å². The van der Waals surface area contributed by atoms with E-state index in [0.29, 0.717) is 6.61 Å². The quantitative estimate of drug-likeness (QED) is 0.199. The lowest BCUT2D eigenvalue weighted by molar-refractivity contribution is -0.157. The summed E-state index contributed by atoms with van der Waals surface area (Å²) in [5, 5.41) is 13.2. The zero-order valence-electron chi connectivity index (χ0n) is 27.0. The largest absolute Gasteiger partial charge is 0.460 e. The molecule has 2 aromatic rings. The summed E-state index contributed by atoms with van der Waals surface area (Å²) in [4.78, 5) is 12.5. The van der Waals surface area contributed by atoms with Crippen LogP contribution < -0.4 is 10.4 Å². The Morgan fingerprint density at radius 3 is 1.73 bits per heavy atom. The predicted octanol–water partition coefficient (Wildman–Crippen LogP) is 5.81. The average Bonchev–Trinajstić information content (AvgIpc) is 3.64. The van der Waals surface area contributed by atoms with Crippen molar-refractivity contribution in [2.45, 2.75) is 122 Å². The number of hydrogen-bond donors (Lipinski definition) is 1. The lowest BCUT2D eigenvalue weighted by Gasteiger charge is -2.45. The van der Waals surface area contributed by atoms with Crippen LogP contribution in [0.3, 0.4) is 0 Å². The molecule has 0 amide bonds. The maximum Gasteiger partial charge on any atom is 0.309 e. The summed E-state index contributed by atoms with van der Waals surface area (Å²) in [5.41, 5.74) is -0.619. The van der Waals surface area contributed by atoms with E-state index < -0.39 is 52.6 Å². The summed E-state index contributed by atoms with van der Waals surface area (Å²) in [6, 6.07) is 21.0. The fourth-order valence-electron chi connectivity index (χ4n) is 5.04. The molecule has 41 heavy (non-hydrogen) atoms. The first-order chi connectivity index (χ1) is 18.8. The summed E-state index contributed by atoms with van der Waals surface area (Å²) in [6.07, 6.45) is -2.50. The van der Waals surface area contributed by atoms with Gasteiger partial charge < -0.3 is 23.4 Å². The molecule has 1 aliphatic heterocycles. The molecule has 1 saturated heterocycles. The van der Waals surface area contributed by atoms with Gasteiger partial charge in [-0.25, -0.2) is 0 Å². The van der Waals surface area contributed by atoms with Crippen LogP contribution in [0.1, 0.15) is 68.7 Å². The minimum Gasteiger partial charge on any atom is -0.460 e. The molecule has 0 spiro atoms. The SMILES string of the molecule is CC(C)(C)OC(=O)C[C@H](O)[C@H]1O[C@H]1[C@@H](CO[Si](C)(C)C(C)(C)C)O[Si](c1ccccc1)(c1ccccc1)C(C)(C)C. The van der Waals surface area contributed by atoms with Crippen LogP contribution in [-0.2, 0) is 23.1 Å². The molecule has 0 radical (unpaired) electrons. The van der Waals surface area contributed by atoms with E-state index in [9.17, 15) is 9.90 Å². The second-order valence-corrected chi connectivity index (χ2v) is 23.9. The van der Waals surface area contributed by atoms with Gasteiger partial charge in [-0.1, -0.05) is 102 Å². The van der Waals surface area contributed by atoms with Crippen LogP contribution in [0.15, 0.2) is 60.7 Å². The number of hydrogen-bond acceptors (Lipinski definition) is 6. The highest BCUT2D eigenvalue weighted by atomic mass is 28.4. The molecular weight excluding hydrogens is 549 g/mol. The van der Waals surface area contributed by atoms with E-state index in [2.05, 4.69) is 103 Å². The van der Waals surface area contributed by atoms with Crippen molar-refractivity contribution in [3.63, 3.8) is 0 Å². The molecule has 2 aromatic carbocycles. The van der Waals surface area contributed by atoms with Crippen LogP contribution in [-0.4, -0.2) is 64.3 Å². The maximum atomic E-state index is 12.5. The number of aliphatic hydroxyl groups excluding tert-OH is 1. The molecule has 0 unspecified atom stereocenters. The van der Waals surface area contributed by atoms with Gasteiger partial charge in [0.1, 0.15) is 17.8 Å². The summed E-state index contributed by atoms with van der Waals surface area (Å²) >= 11 is 0. The first kappa shape index (κ1) is 33.7. The Balaban J connectivity index is 2.01. The van der Waals surface area contributed by atoms with Crippen LogP contribution in [0.4, 0.5) is 0 Å². The van der Waals surface area contributed by atoms with Gasteiger partial charge in [0, 0.05) is 0 Å². The van der Waals surface area contributed by atoms with Crippen LogP contribution in [0.2, 0.25) is 23.2 Å². The van der Waals surface area contributed by atoms with Gasteiger partial charge >= 0.3 is 5.97 Å². The van der Waals surface area contributed by atoms with Gasteiger partial charge in [0.15, 0.2) is 8.32 Å². The van der Waals surface area contributed by atoms with Crippen LogP contribution >= 0.6 is 0 Å². The van der Waals surface area contributed by atoms with Gasteiger partial charge in [0.05, 0.1) is 25.2 Å². The van der Waals surface area contributed by atoms with Crippen molar-refractivity contribution in [1.29, 1.82) is 0 Å². The number of rotatable bonds is 11. The number of aliphatic hydroxyl groups is 1. The van der Waals surface area contributed by atoms with E-state index >= 15 is 0 Å². The second kappa shape index (κ2) is 12.4. The third kappa shape index (κ3) is 8.18. The van der Waals surface area contributed by atoms with Crippen molar-refractivity contribution in [1.82, 2.24) is 0 Å². The van der Waals surface area contributed by atoms with Crippen molar-refractivity contribution >= 4 is 33.0 Å². The molecule has 6 nitrogen and oxygen atoms in total. The molecule has 0 aliphatic carbocycles. The maximum absolute atomic E-state index is 12.5. The second-order valence-electron chi connectivity index (χ2n) is 14.8. The van der Waals surface area contributed by atoms with Crippen molar-refractivity contribution in [3.05, 3.63) is 60.7 Å². The molecule has 4 atom stereocenters. The lowest BCUT2D eigenvalue weighted by Crippen LogP contribution is -2.68. The summed E-state index contributed by atoms with van der Waals surface area (Å²) in [6.45, 7) is 23.7. The third-order valence-corrected chi connectivity index (χ3v) is 17.8. The van der Waals surface area contributed by atoms with Gasteiger partial charge in [-0.05, 0) is 54.3 Å². The summed E-state index contributed by atoms with van der Waals surface area (Å²) in [5.74, 6) is -0.443. The number of benzene rings is 2. The molecule has 1 fully saturated rings. The van der Waals surface area contributed by atoms with E-state index in [0.717, 1.165) is 0 Å². The van der Waals surface area contributed by atoms with Gasteiger partial charge in [-0.15, -0.1) is 0 Å².